The Morgan fingerprint density at radius 3 is 2.47 bits per heavy atom. The molecule has 0 saturated heterocycles. The van der Waals surface area contributed by atoms with E-state index in [2.05, 4.69) is 10.3 Å². The molecule has 2 aromatic carbocycles. The number of para-hydroxylation sites is 1. The first kappa shape index (κ1) is 21.8. The van der Waals surface area contributed by atoms with Crippen LogP contribution in [0.25, 0.3) is 28.0 Å². The zero-order valence-electron chi connectivity index (χ0n) is 18.9. The van der Waals surface area contributed by atoms with Crippen molar-refractivity contribution < 1.29 is 4.79 Å². The van der Waals surface area contributed by atoms with E-state index in [1.807, 2.05) is 79.9 Å². The maximum Gasteiger partial charge on any atom is 0.252 e. The Bertz CT molecular complexity index is 1530. The van der Waals surface area contributed by atoms with Crippen LogP contribution in [-0.2, 0) is 11.3 Å². The van der Waals surface area contributed by atoms with Crippen molar-refractivity contribution in [1.29, 1.82) is 0 Å². The van der Waals surface area contributed by atoms with Crippen molar-refractivity contribution in [2.75, 3.05) is 5.32 Å². The minimum atomic E-state index is -0.197. The van der Waals surface area contributed by atoms with Gasteiger partial charge in [-0.1, -0.05) is 48.5 Å². The van der Waals surface area contributed by atoms with E-state index in [1.165, 1.54) is 11.3 Å². The number of amides is 1. The third kappa shape index (κ3) is 4.15. The lowest BCUT2D eigenvalue weighted by molar-refractivity contribution is -0.116. The van der Waals surface area contributed by atoms with Crippen molar-refractivity contribution >= 4 is 33.4 Å². The SMILES string of the molecule is Cc1cc(=O)n(CCC(=O)Nc2nc(-c3ccccc3)cs2)c2c1c(C)nn2-c1ccccc1. The van der Waals surface area contributed by atoms with Crippen LogP contribution in [0.15, 0.2) is 76.9 Å². The standard InChI is InChI=1S/C26H23N5O2S/c1-17-15-23(33)30(25-24(17)18(2)29-31(25)20-11-7-4-8-12-20)14-13-22(32)28-26-27-21(16-34-26)19-9-5-3-6-10-19/h3-12,15-16H,13-14H2,1-2H3,(H,27,28,32). The first-order valence-corrected chi connectivity index (χ1v) is 11.9. The Hall–Kier alpha value is -4.04. The molecule has 0 bridgehead atoms. The second-order valence-electron chi connectivity index (χ2n) is 8.05. The summed E-state index contributed by atoms with van der Waals surface area (Å²) < 4.78 is 3.41. The first-order chi connectivity index (χ1) is 16.5. The maximum atomic E-state index is 13.0. The highest BCUT2D eigenvalue weighted by Crippen LogP contribution is 2.26. The molecule has 7 nitrogen and oxygen atoms in total. The number of hydrogen-bond donors (Lipinski definition) is 1. The molecule has 0 aliphatic heterocycles. The molecule has 0 radical (unpaired) electrons. The molecule has 1 N–H and O–H groups in total. The summed E-state index contributed by atoms with van der Waals surface area (Å²) >= 11 is 1.38. The van der Waals surface area contributed by atoms with E-state index in [0.29, 0.717) is 10.8 Å². The smallest absolute Gasteiger partial charge is 0.252 e. The molecule has 0 atom stereocenters. The normalized spacial score (nSPS) is 11.1. The molecular formula is C26H23N5O2S. The number of carbonyl (C=O) groups excluding carboxylic acids is 1. The van der Waals surface area contributed by atoms with Crippen molar-refractivity contribution in [2.45, 2.75) is 26.8 Å². The molecule has 34 heavy (non-hydrogen) atoms. The van der Waals surface area contributed by atoms with Gasteiger partial charge in [0.1, 0.15) is 5.65 Å². The molecule has 3 heterocycles. The fraction of sp³-hybridized carbons (Fsp3) is 0.154. The summed E-state index contributed by atoms with van der Waals surface area (Å²) in [6, 6.07) is 21.1. The minimum Gasteiger partial charge on any atom is -0.302 e. The number of aromatic nitrogens is 4. The summed E-state index contributed by atoms with van der Waals surface area (Å²) in [5.41, 5.74) is 4.93. The van der Waals surface area contributed by atoms with Crippen LogP contribution < -0.4 is 10.9 Å². The topological polar surface area (TPSA) is 81.8 Å². The van der Waals surface area contributed by atoms with Crippen molar-refractivity contribution in [3.05, 3.63) is 93.7 Å². The second-order valence-corrected chi connectivity index (χ2v) is 8.91. The van der Waals surface area contributed by atoms with Gasteiger partial charge in [-0.15, -0.1) is 11.3 Å². The van der Waals surface area contributed by atoms with E-state index in [-0.39, 0.29) is 24.4 Å². The quantitative estimate of drug-likeness (QED) is 0.381. The van der Waals surface area contributed by atoms with E-state index < -0.39 is 0 Å². The average Bonchev–Trinajstić information content (AvgIpc) is 3.45. The molecule has 0 spiro atoms. The highest BCUT2D eigenvalue weighted by molar-refractivity contribution is 7.14. The highest BCUT2D eigenvalue weighted by atomic mass is 32.1. The minimum absolute atomic E-state index is 0.136. The molecule has 8 heteroatoms. The summed E-state index contributed by atoms with van der Waals surface area (Å²) in [5.74, 6) is -0.197. The van der Waals surface area contributed by atoms with Crippen LogP contribution in [0.5, 0.6) is 0 Å². The molecule has 0 fully saturated rings. The molecule has 5 aromatic rings. The Balaban J connectivity index is 1.41. The van der Waals surface area contributed by atoms with Gasteiger partial charge in [-0.05, 0) is 31.5 Å². The Kier molecular flexibility index (Phi) is 5.81. The van der Waals surface area contributed by atoms with Gasteiger partial charge in [-0.2, -0.15) is 5.10 Å². The number of nitrogens with zero attached hydrogens (tertiary/aromatic N) is 4. The number of benzene rings is 2. The highest BCUT2D eigenvalue weighted by Gasteiger charge is 2.18. The van der Waals surface area contributed by atoms with Crippen molar-refractivity contribution in [1.82, 2.24) is 19.3 Å². The summed E-state index contributed by atoms with van der Waals surface area (Å²) in [6.07, 6.45) is 0.136. The third-order valence-corrected chi connectivity index (χ3v) is 6.43. The van der Waals surface area contributed by atoms with Crippen LogP contribution in [0.4, 0.5) is 5.13 Å². The summed E-state index contributed by atoms with van der Waals surface area (Å²) in [4.78, 5) is 30.2. The number of carbonyl (C=O) groups is 1. The van der Waals surface area contributed by atoms with E-state index in [0.717, 1.165) is 33.6 Å². The van der Waals surface area contributed by atoms with Crippen LogP contribution in [0.2, 0.25) is 0 Å². The molecule has 3 aromatic heterocycles. The fourth-order valence-electron chi connectivity index (χ4n) is 4.10. The van der Waals surface area contributed by atoms with Crippen molar-refractivity contribution in [3.63, 3.8) is 0 Å². The van der Waals surface area contributed by atoms with Crippen LogP contribution in [0.1, 0.15) is 17.7 Å². The molecule has 170 valence electrons. The number of hydrogen-bond acceptors (Lipinski definition) is 5. The third-order valence-electron chi connectivity index (χ3n) is 5.68. The largest absolute Gasteiger partial charge is 0.302 e. The molecule has 1 amide bonds. The maximum absolute atomic E-state index is 13.0. The molecule has 0 aliphatic rings. The van der Waals surface area contributed by atoms with E-state index in [4.69, 9.17) is 5.10 Å². The van der Waals surface area contributed by atoms with Gasteiger partial charge in [0.15, 0.2) is 5.13 Å². The van der Waals surface area contributed by atoms with Crippen molar-refractivity contribution in [2.24, 2.45) is 0 Å². The van der Waals surface area contributed by atoms with Gasteiger partial charge >= 0.3 is 0 Å². The van der Waals surface area contributed by atoms with Crippen LogP contribution in [0.3, 0.4) is 0 Å². The molecule has 0 unspecified atom stereocenters. The predicted octanol–water partition coefficient (Wildman–Crippen LogP) is 4.96. The van der Waals surface area contributed by atoms with Gasteiger partial charge in [-0.25, -0.2) is 9.67 Å². The van der Waals surface area contributed by atoms with E-state index in [1.54, 1.807) is 15.3 Å². The zero-order valence-corrected chi connectivity index (χ0v) is 19.7. The summed E-state index contributed by atoms with van der Waals surface area (Å²) in [6.45, 7) is 4.08. The Labute approximate surface area is 200 Å². The zero-order chi connectivity index (χ0) is 23.7. The number of thiazole rings is 1. The van der Waals surface area contributed by atoms with Crippen LogP contribution in [-0.4, -0.2) is 25.2 Å². The second kappa shape index (κ2) is 9.07. The number of fused-ring (bicyclic) bond motifs is 1. The number of aryl methyl sites for hydroxylation is 3. The molecule has 0 aliphatic carbocycles. The lowest BCUT2D eigenvalue weighted by Crippen LogP contribution is -2.25. The molecule has 5 rings (SSSR count). The van der Waals surface area contributed by atoms with Gasteiger partial charge in [0, 0.05) is 35.4 Å². The lowest BCUT2D eigenvalue weighted by Gasteiger charge is -2.12. The number of pyridine rings is 1. The number of rotatable bonds is 6. The summed E-state index contributed by atoms with van der Waals surface area (Å²) in [5, 5.41) is 10.9. The predicted molar refractivity (Wildman–Crippen MR) is 136 cm³/mol. The lowest BCUT2D eigenvalue weighted by atomic mass is 10.1. The first-order valence-electron chi connectivity index (χ1n) is 11.0. The molecule has 0 saturated carbocycles. The number of nitrogens with one attached hydrogen (secondary N) is 1. The molecular weight excluding hydrogens is 446 g/mol. The van der Waals surface area contributed by atoms with Crippen LogP contribution >= 0.6 is 11.3 Å². The fourth-order valence-corrected chi connectivity index (χ4v) is 4.83. The number of anilines is 1. The van der Waals surface area contributed by atoms with E-state index >= 15 is 0 Å². The Morgan fingerprint density at radius 2 is 1.74 bits per heavy atom. The van der Waals surface area contributed by atoms with Gasteiger partial charge in [-0.3, -0.25) is 14.2 Å². The van der Waals surface area contributed by atoms with Crippen LogP contribution in [0, 0.1) is 13.8 Å². The van der Waals surface area contributed by atoms with Gasteiger partial charge in [0.2, 0.25) is 5.91 Å². The van der Waals surface area contributed by atoms with Gasteiger partial charge in [0.25, 0.3) is 5.56 Å². The summed E-state index contributed by atoms with van der Waals surface area (Å²) in [7, 11) is 0. The monoisotopic (exact) mass is 469 g/mol. The van der Waals surface area contributed by atoms with Gasteiger partial charge in [0.05, 0.1) is 17.1 Å². The van der Waals surface area contributed by atoms with Crippen molar-refractivity contribution in [3.8, 4) is 16.9 Å². The Morgan fingerprint density at radius 1 is 1.03 bits per heavy atom. The van der Waals surface area contributed by atoms with E-state index in [9.17, 15) is 9.59 Å². The average molecular weight is 470 g/mol. The van der Waals surface area contributed by atoms with Gasteiger partial charge < -0.3 is 5.32 Å².